The summed E-state index contributed by atoms with van der Waals surface area (Å²) in [5.41, 5.74) is 5.65. The number of amides is 2. The zero-order chi connectivity index (χ0) is 17.6. The Hall–Kier alpha value is -1.93. The molecule has 8 heteroatoms. The van der Waals surface area contributed by atoms with Gasteiger partial charge in [-0.15, -0.1) is 11.3 Å². The summed E-state index contributed by atoms with van der Waals surface area (Å²) in [7, 11) is 0. The fourth-order valence-electron chi connectivity index (χ4n) is 3.49. The first-order chi connectivity index (χ1) is 11.3. The normalized spacial score (nSPS) is 28.3. The van der Waals surface area contributed by atoms with Gasteiger partial charge in [0.15, 0.2) is 0 Å². The van der Waals surface area contributed by atoms with Gasteiger partial charge in [0.25, 0.3) is 5.91 Å². The number of thiophene rings is 1. The average molecular weight is 352 g/mol. The zero-order valence-corrected chi connectivity index (χ0v) is 14.3. The predicted octanol–water partition coefficient (Wildman–Crippen LogP) is 1.79. The van der Waals surface area contributed by atoms with E-state index in [1.807, 2.05) is 13.8 Å². The highest BCUT2D eigenvalue weighted by molar-refractivity contribution is 7.16. The van der Waals surface area contributed by atoms with E-state index in [2.05, 4.69) is 5.32 Å². The van der Waals surface area contributed by atoms with Gasteiger partial charge < -0.3 is 20.9 Å². The molecule has 2 aliphatic heterocycles. The second-order valence-corrected chi connectivity index (χ2v) is 7.66. The number of anilines is 1. The number of fused-ring (bicyclic) bond motifs is 2. The summed E-state index contributed by atoms with van der Waals surface area (Å²) in [5, 5.41) is 12.5. The molecule has 0 aromatic carbocycles. The van der Waals surface area contributed by atoms with Crippen molar-refractivity contribution < 1.29 is 24.2 Å². The molecule has 0 unspecified atom stereocenters. The van der Waals surface area contributed by atoms with Crippen LogP contribution >= 0.6 is 11.3 Å². The first-order valence-corrected chi connectivity index (χ1v) is 8.74. The van der Waals surface area contributed by atoms with Gasteiger partial charge in [-0.1, -0.05) is 13.8 Å². The Labute approximate surface area is 143 Å². The van der Waals surface area contributed by atoms with Crippen LogP contribution in [0.5, 0.6) is 0 Å². The lowest BCUT2D eigenvalue weighted by Crippen LogP contribution is -2.41. The maximum atomic E-state index is 12.7. The van der Waals surface area contributed by atoms with Crippen molar-refractivity contribution in [3.8, 4) is 0 Å². The number of hydrogen-bond acceptors (Lipinski definition) is 5. The van der Waals surface area contributed by atoms with Crippen LogP contribution in [-0.2, 0) is 14.3 Å². The molecule has 130 valence electrons. The molecule has 7 nitrogen and oxygen atoms in total. The van der Waals surface area contributed by atoms with E-state index >= 15 is 0 Å². The summed E-state index contributed by atoms with van der Waals surface area (Å²) in [4.78, 5) is 36.7. The molecule has 2 bridgehead atoms. The van der Waals surface area contributed by atoms with Crippen molar-refractivity contribution in [2.45, 2.75) is 44.8 Å². The third-order valence-electron chi connectivity index (χ3n) is 4.68. The van der Waals surface area contributed by atoms with Crippen LogP contribution < -0.4 is 11.1 Å². The number of hydrogen-bond donors (Lipinski definition) is 3. The first kappa shape index (κ1) is 16.9. The Morgan fingerprint density at radius 3 is 2.46 bits per heavy atom. The van der Waals surface area contributed by atoms with Crippen molar-refractivity contribution in [3.05, 3.63) is 16.5 Å². The highest BCUT2D eigenvalue weighted by Gasteiger charge is 2.55. The average Bonchev–Trinajstić information content (AvgIpc) is 3.19. The number of carboxylic acids is 1. The van der Waals surface area contributed by atoms with Gasteiger partial charge in [-0.05, 0) is 24.8 Å². The van der Waals surface area contributed by atoms with Crippen molar-refractivity contribution in [3.63, 3.8) is 0 Å². The number of ether oxygens (including phenoxy) is 1. The summed E-state index contributed by atoms with van der Waals surface area (Å²) in [6.45, 7) is 3.96. The van der Waals surface area contributed by atoms with E-state index in [-0.39, 0.29) is 17.6 Å². The minimum Gasteiger partial charge on any atom is -0.481 e. The van der Waals surface area contributed by atoms with Gasteiger partial charge in [-0.3, -0.25) is 14.4 Å². The second-order valence-electron chi connectivity index (χ2n) is 6.58. The maximum Gasteiger partial charge on any atom is 0.310 e. The van der Waals surface area contributed by atoms with E-state index in [0.29, 0.717) is 17.8 Å². The highest BCUT2D eigenvalue weighted by Crippen LogP contribution is 2.44. The third-order valence-corrected chi connectivity index (χ3v) is 6.03. The zero-order valence-electron chi connectivity index (χ0n) is 13.4. The minimum atomic E-state index is -1.02. The summed E-state index contributed by atoms with van der Waals surface area (Å²) in [5.74, 6) is -3.46. The smallest absolute Gasteiger partial charge is 0.310 e. The van der Waals surface area contributed by atoms with Crippen LogP contribution in [0.25, 0.3) is 0 Å². The maximum absolute atomic E-state index is 12.7. The van der Waals surface area contributed by atoms with Gasteiger partial charge in [0.1, 0.15) is 5.00 Å². The summed E-state index contributed by atoms with van der Waals surface area (Å²) >= 11 is 1.29. The van der Waals surface area contributed by atoms with Gasteiger partial charge in [-0.25, -0.2) is 0 Å². The Balaban J connectivity index is 1.84. The van der Waals surface area contributed by atoms with Crippen LogP contribution in [0.3, 0.4) is 0 Å². The summed E-state index contributed by atoms with van der Waals surface area (Å²) < 4.78 is 5.61. The first-order valence-electron chi connectivity index (χ1n) is 7.92. The molecule has 0 saturated carbocycles. The van der Waals surface area contributed by atoms with E-state index in [1.54, 1.807) is 6.07 Å². The molecule has 3 rings (SSSR count). The molecule has 0 radical (unpaired) electrons. The van der Waals surface area contributed by atoms with Gasteiger partial charge in [0, 0.05) is 4.88 Å². The van der Waals surface area contributed by atoms with Crippen molar-refractivity contribution in [1.29, 1.82) is 0 Å². The number of aliphatic carboxylic acids is 1. The minimum absolute atomic E-state index is 0.191. The number of rotatable bonds is 5. The van der Waals surface area contributed by atoms with Gasteiger partial charge in [0.05, 0.1) is 29.6 Å². The monoisotopic (exact) mass is 352 g/mol. The lowest BCUT2D eigenvalue weighted by atomic mass is 9.79. The third kappa shape index (κ3) is 2.80. The standard InChI is InChI=1S/C16H20N2O5S/c1-6(2)10-5-7(13(17)19)15(24-10)18-14(20)11-8-3-4-9(23-8)12(11)16(21)22/h5-6,8-9,11-12H,3-4H2,1-2H3,(H2,17,19)(H,18,20)(H,21,22)/t8-,9-,11-,12-/m0/s1. The molecule has 1 aromatic heterocycles. The van der Waals surface area contributed by atoms with E-state index in [0.717, 1.165) is 4.88 Å². The number of carbonyl (C=O) groups excluding carboxylic acids is 2. The van der Waals surface area contributed by atoms with Crippen molar-refractivity contribution >= 4 is 34.1 Å². The number of nitrogens with two attached hydrogens (primary N) is 1. The number of nitrogens with one attached hydrogen (secondary N) is 1. The molecule has 2 saturated heterocycles. The topological polar surface area (TPSA) is 119 Å². The second kappa shape index (κ2) is 6.18. The number of carbonyl (C=O) groups is 3. The molecule has 24 heavy (non-hydrogen) atoms. The SMILES string of the molecule is CC(C)c1cc(C(N)=O)c(NC(=O)[C@@H]2[C@@H](C(=O)O)[C@@H]3CC[C@@H]2O3)s1. The van der Waals surface area contributed by atoms with E-state index in [4.69, 9.17) is 10.5 Å². The van der Waals surface area contributed by atoms with E-state index in [9.17, 15) is 19.5 Å². The van der Waals surface area contributed by atoms with Crippen LogP contribution in [0.15, 0.2) is 6.07 Å². The molecule has 2 aliphatic rings. The molecule has 1 aromatic rings. The molecule has 2 amide bonds. The van der Waals surface area contributed by atoms with E-state index < -0.39 is 35.7 Å². The largest absolute Gasteiger partial charge is 0.481 e. The lowest BCUT2D eigenvalue weighted by molar-refractivity contribution is -0.147. The molecular formula is C16H20N2O5S. The van der Waals surface area contributed by atoms with Crippen LogP contribution in [0, 0.1) is 11.8 Å². The van der Waals surface area contributed by atoms with Crippen molar-refractivity contribution in [2.75, 3.05) is 5.32 Å². The quantitative estimate of drug-likeness (QED) is 0.746. The Bertz CT molecular complexity index is 699. The van der Waals surface area contributed by atoms with Crippen molar-refractivity contribution in [1.82, 2.24) is 0 Å². The summed E-state index contributed by atoms with van der Waals surface area (Å²) in [6, 6.07) is 1.68. The molecule has 4 N–H and O–H groups in total. The summed E-state index contributed by atoms with van der Waals surface area (Å²) in [6.07, 6.45) is 0.553. The fraction of sp³-hybridized carbons (Fsp3) is 0.562. The van der Waals surface area contributed by atoms with Crippen molar-refractivity contribution in [2.24, 2.45) is 17.6 Å². The van der Waals surface area contributed by atoms with Crippen LogP contribution in [-0.4, -0.2) is 35.1 Å². The van der Waals surface area contributed by atoms with Crippen LogP contribution in [0.1, 0.15) is 47.8 Å². The van der Waals surface area contributed by atoms with Gasteiger partial charge >= 0.3 is 5.97 Å². The Kier molecular flexibility index (Phi) is 4.35. The number of primary amides is 1. The molecule has 0 spiro atoms. The van der Waals surface area contributed by atoms with Crippen LogP contribution in [0.2, 0.25) is 0 Å². The van der Waals surface area contributed by atoms with Gasteiger partial charge in [-0.2, -0.15) is 0 Å². The fourth-order valence-corrected chi connectivity index (χ4v) is 4.56. The molecular weight excluding hydrogens is 332 g/mol. The molecule has 0 aliphatic carbocycles. The van der Waals surface area contributed by atoms with Crippen LogP contribution in [0.4, 0.5) is 5.00 Å². The van der Waals surface area contributed by atoms with E-state index in [1.165, 1.54) is 11.3 Å². The Morgan fingerprint density at radius 1 is 1.29 bits per heavy atom. The highest BCUT2D eigenvalue weighted by atomic mass is 32.1. The predicted molar refractivity (Wildman–Crippen MR) is 88.1 cm³/mol. The van der Waals surface area contributed by atoms with Gasteiger partial charge in [0.2, 0.25) is 5.91 Å². The molecule has 4 atom stereocenters. The molecule has 2 fully saturated rings. The Morgan fingerprint density at radius 2 is 1.92 bits per heavy atom. The lowest BCUT2D eigenvalue weighted by Gasteiger charge is -2.23. The number of carboxylic acid groups (broad SMARTS) is 1. The molecule has 3 heterocycles.